The van der Waals surface area contributed by atoms with Crippen LogP contribution < -0.4 is 20.1 Å². The van der Waals surface area contributed by atoms with Crippen LogP contribution >= 0.6 is 11.6 Å². The van der Waals surface area contributed by atoms with E-state index in [4.69, 9.17) is 21.1 Å². The number of benzene rings is 2. The summed E-state index contributed by atoms with van der Waals surface area (Å²) in [5.74, 6) is 2.11. The average Bonchev–Trinajstić information content (AvgIpc) is 3.39. The number of carbonyl (C=O) groups is 1. The number of carbonyl (C=O) groups excluding carboxylic acids is 1. The number of hydrogen-bond donors (Lipinski definition) is 2. The van der Waals surface area contributed by atoms with Crippen LogP contribution in [0.3, 0.4) is 0 Å². The summed E-state index contributed by atoms with van der Waals surface area (Å²) < 4.78 is 10.8. The molecule has 2 N–H and O–H groups in total. The molecule has 2 aromatic carbocycles. The van der Waals surface area contributed by atoms with Crippen LogP contribution in [0.4, 0.5) is 0 Å². The first-order chi connectivity index (χ1) is 13.6. The van der Waals surface area contributed by atoms with Crippen molar-refractivity contribution in [1.29, 1.82) is 0 Å². The summed E-state index contributed by atoms with van der Waals surface area (Å²) in [6.07, 6.45) is 7.48. The van der Waals surface area contributed by atoms with E-state index in [1.807, 2.05) is 60.7 Å². The quantitative estimate of drug-likeness (QED) is 0.824. The summed E-state index contributed by atoms with van der Waals surface area (Å²) in [5.41, 5.74) is 1.50. The van der Waals surface area contributed by atoms with Crippen LogP contribution in [-0.4, -0.2) is 12.7 Å². The highest BCUT2D eigenvalue weighted by Gasteiger charge is 2.52. The Morgan fingerprint density at radius 2 is 2.00 bits per heavy atom. The summed E-state index contributed by atoms with van der Waals surface area (Å²) in [6.45, 7) is 0.228. The highest BCUT2D eigenvalue weighted by molar-refractivity contribution is 6.30. The largest absolute Gasteiger partial charge is 0.454 e. The van der Waals surface area contributed by atoms with Crippen LogP contribution in [0.2, 0.25) is 5.02 Å². The molecule has 1 saturated carbocycles. The van der Waals surface area contributed by atoms with Crippen molar-refractivity contribution < 1.29 is 14.3 Å². The van der Waals surface area contributed by atoms with Gasteiger partial charge in [-0.05, 0) is 54.3 Å². The van der Waals surface area contributed by atoms with Gasteiger partial charge in [0, 0.05) is 5.02 Å². The Hall–Kier alpha value is -2.92. The summed E-state index contributed by atoms with van der Waals surface area (Å²) in [6, 6.07) is 13.4. The Bertz CT molecular complexity index is 1010. The molecule has 28 heavy (non-hydrogen) atoms. The summed E-state index contributed by atoms with van der Waals surface area (Å²) in [5, 5.41) is 7.10. The molecule has 2 aliphatic heterocycles. The SMILES string of the molecule is O=C(NC1=CC=CC(c2cccc(Cl)c2)N1)C1(c2ccc3c(c2)OCO3)CC1. The van der Waals surface area contributed by atoms with E-state index in [0.717, 1.165) is 29.7 Å². The zero-order valence-corrected chi connectivity index (χ0v) is 15.8. The molecule has 0 radical (unpaired) electrons. The molecule has 5 rings (SSSR count). The molecular weight excluding hydrogens is 376 g/mol. The van der Waals surface area contributed by atoms with Gasteiger partial charge in [-0.15, -0.1) is 0 Å². The van der Waals surface area contributed by atoms with E-state index in [1.54, 1.807) is 0 Å². The smallest absolute Gasteiger partial charge is 0.236 e. The number of allylic oxidation sites excluding steroid dienone is 2. The van der Waals surface area contributed by atoms with Gasteiger partial charge in [0.2, 0.25) is 12.7 Å². The first kappa shape index (κ1) is 17.2. The van der Waals surface area contributed by atoms with E-state index < -0.39 is 5.41 Å². The lowest BCUT2D eigenvalue weighted by molar-refractivity contribution is -0.123. The first-order valence-corrected chi connectivity index (χ1v) is 9.64. The molecule has 0 aromatic heterocycles. The predicted octanol–water partition coefficient (Wildman–Crippen LogP) is 3.96. The lowest BCUT2D eigenvalue weighted by Gasteiger charge is -2.24. The van der Waals surface area contributed by atoms with Crippen LogP contribution in [0.15, 0.2) is 66.5 Å². The molecule has 2 aromatic rings. The third kappa shape index (κ3) is 3.02. The minimum Gasteiger partial charge on any atom is -0.454 e. The normalized spacial score (nSPS) is 20.9. The Balaban J connectivity index is 1.31. The van der Waals surface area contributed by atoms with E-state index >= 15 is 0 Å². The molecule has 142 valence electrons. The second-order valence-corrected chi connectivity index (χ2v) is 7.68. The molecule has 2 heterocycles. The fourth-order valence-electron chi connectivity index (χ4n) is 3.71. The third-order valence-corrected chi connectivity index (χ3v) is 5.68. The Kier molecular flexibility index (Phi) is 4.05. The summed E-state index contributed by atoms with van der Waals surface area (Å²) in [4.78, 5) is 13.1. The number of amides is 1. The Morgan fingerprint density at radius 1 is 1.14 bits per heavy atom. The average molecular weight is 395 g/mol. The Labute approximate surface area is 168 Å². The molecule has 1 aliphatic carbocycles. The molecule has 6 heteroatoms. The van der Waals surface area contributed by atoms with Crippen molar-refractivity contribution in [2.45, 2.75) is 24.3 Å². The molecule has 1 amide bonds. The lowest BCUT2D eigenvalue weighted by atomic mass is 9.94. The molecule has 0 bridgehead atoms. The molecular formula is C22H19ClN2O3. The van der Waals surface area contributed by atoms with Crippen molar-refractivity contribution in [2.24, 2.45) is 0 Å². The maximum atomic E-state index is 13.1. The van der Waals surface area contributed by atoms with Gasteiger partial charge < -0.3 is 20.1 Å². The molecule has 5 nitrogen and oxygen atoms in total. The van der Waals surface area contributed by atoms with Crippen molar-refractivity contribution in [2.75, 3.05) is 6.79 Å². The van der Waals surface area contributed by atoms with Crippen molar-refractivity contribution in [1.82, 2.24) is 10.6 Å². The fraction of sp³-hybridized carbons (Fsp3) is 0.227. The van der Waals surface area contributed by atoms with E-state index in [0.29, 0.717) is 16.6 Å². The number of fused-ring (bicyclic) bond motifs is 1. The molecule has 0 spiro atoms. The van der Waals surface area contributed by atoms with Crippen LogP contribution in [0.25, 0.3) is 0 Å². The molecule has 1 unspecified atom stereocenters. The van der Waals surface area contributed by atoms with E-state index in [1.165, 1.54) is 0 Å². The van der Waals surface area contributed by atoms with Crippen LogP contribution in [-0.2, 0) is 10.2 Å². The highest BCUT2D eigenvalue weighted by Crippen LogP contribution is 2.50. The van der Waals surface area contributed by atoms with Crippen LogP contribution in [0, 0.1) is 0 Å². The predicted molar refractivity (Wildman–Crippen MR) is 106 cm³/mol. The van der Waals surface area contributed by atoms with Crippen molar-refractivity contribution >= 4 is 17.5 Å². The second-order valence-electron chi connectivity index (χ2n) is 7.25. The van der Waals surface area contributed by atoms with Crippen LogP contribution in [0.5, 0.6) is 11.5 Å². The Morgan fingerprint density at radius 3 is 2.82 bits per heavy atom. The molecule has 1 fully saturated rings. The maximum Gasteiger partial charge on any atom is 0.236 e. The minimum atomic E-state index is -0.504. The van der Waals surface area contributed by atoms with Crippen molar-refractivity contribution in [3.63, 3.8) is 0 Å². The minimum absolute atomic E-state index is 0.00902. The molecule has 1 atom stereocenters. The van der Waals surface area contributed by atoms with Gasteiger partial charge >= 0.3 is 0 Å². The number of dihydropyridines is 1. The number of nitrogens with one attached hydrogen (secondary N) is 2. The number of hydrogen-bond acceptors (Lipinski definition) is 4. The van der Waals surface area contributed by atoms with Crippen LogP contribution in [0.1, 0.15) is 30.0 Å². The van der Waals surface area contributed by atoms with Gasteiger partial charge in [-0.25, -0.2) is 0 Å². The standard InChI is InChI=1S/C22H19ClN2O3/c23-16-4-1-3-14(11-16)17-5-2-6-20(24-17)25-21(26)22(9-10-22)15-7-8-18-19(12-15)28-13-27-18/h1-8,11-12,17,24H,9-10,13H2,(H,25,26). The van der Waals surface area contributed by atoms with Gasteiger partial charge in [0.05, 0.1) is 11.5 Å². The van der Waals surface area contributed by atoms with Crippen molar-refractivity contribution in [3.8, 4) is 11.5 Å². The third-order valence-electron chi connectivity index (χ3n) is 5.44. The van der Waals surface area contributed by atoms with Gasteiger partial charge in [-0.3, -0.25) is 4.79 Å². The van der Waals surface area contributed by atoms with E-state index in [-0.39, 0.29) is 18.7 Å². The monoisotopic (exact) mass is 394 g/mol. The van der Waals surface area contributed by atoms with E-state index in [2.05, 4.69) is 10.6 Å². The summed E-state index contributed by atoms with van der Waals surface area (Å²) >= 11 is 6.11. The number of rotatable bonds is 4. The van der Waals surface area contributed by atoms with Gasteiger partial charge in [0.25, 0.3) is 0 Å². The zero-order chi connectivity index (χ0) is 19.1. The topological polar surface area (TPSA) is 59.6 Å². The number of ether oxygens (including phenoxy) is 2. The lowest BCUT2D eigenvalue weighted by Crippen LogP contribution is -2.40. The zero-order valence-electron chi connectivity index (χ0n) is 15.1. The number of halogens is 1. The van der Waals surface area contributed by atoms with Gasteiger partial charge in [-0.2, -0.15) is 0 Å². The van der Waals surface area contributed by atoms with Crippen molar-refractivity contribution in [3.05, 3.63) is 82.7 Å². The summed E-state index contributed by atoms with van der Waals surface area (Å²) in [7, 11) is 0. The molecule has 3 aliphatic rings. The molecule has 0 saturated heterocycles. The first-order valence-electron chi connectivity index (χ1n) is 9.26. The fourth-order valence-corrected chi connectivity index (χ4v) is 3.91. The van der Waals surface area contributed by atoms with Gasteiger partial charge in [-0.1, -0.05) is 42.0 Å². The highest BCUT2D eigenvalue weighted by atomic mass is 35.5. The van der Waals surface area contributed by atoms with Gasteiger partial charge in [0.15, 0.2) is 11.5 Å². The maximum absolute atomic E-state index is 13.1. The second kappa shape index (κ2) is 6.60. The van der Waals surface area contributed by atoms with E-state index in [9.17, 15) is 4.79 Å². The van der Waals surface area contributed by atoms with Gasteiger partial charge in [0.1, 0.15) is 5.82 Å².